The molecule has 0 spiro atoms. The molecular formula is C19H24F2N4O3S. The van der Waals surface area contributed by atoms with Gasteiger partial charge in [-0.25, -0.2) is 17.2 Å². The molecule has 0 radical (unpaired) electrons. The van der Waals surface area contributed by atoms with Crippen LogP contribution in [0.2, 0.25) is 0 Å². The summed E-state index contributed by atoms with van der Waals surface area (Å²) >= 11 is 0. The molecule has 1 aromatic carbocycles. The smallest absolute Gasteiger partial charge is 0.251 e. The van der Waals surface area contributed by atoms with E-state index < -0.39 is 16.4 Å². The average Bonchev–Trinajstić information content (AvgIpc) is 2.73. The van der Waals surface area contributed by atoms with Crippen molar-refractivity contribution in [2.24, 2.45) is 5.92 Å². The van der Waals surface area contributed by atoms with Gasteiger partial charge in [-0.3, -0.25) is 9.69 Å². The van der Waals surface area contributed by atoms with Crippen molar-refractivity contribution < 1.29 is 22.0 Å². The molecule has 3 rings (SSSR count). The number of hydrogen-bond donors (Lipinski definition) is 0. The summed E-state index contributed by atoms with van der Waals surface area (Å²) in [5, 5.41) is 8.84. The number of halogens is 2. The molecule has 2 aliphatic rings. The quantitative estimate of drug-likeness (QED) is 0.710. The van der Waals surface area contributed by atoms with Gasteiger partial charge >= 0.3 is 0 Å². The number of nitriles is 1. The monoisotopic (exact) mass is 426 g/mol. The van der Waals surface area contributed by atoms with Crippen molar-refractivity contribution in [3.05, 3.63) is 29.8 Å². The van der Waals surface area contributed by atoms with Gasteiger partial charge in [-0.15, -0.1) is 0 Å². The Kier molecular flexibility index (Phi) is 6.82. The fourth-order valence-corrected chi connectivity index (χ4v) is 5.27. The highest BCUT2D eigenvalue weighted by molar-refractivity contribution is 7.89. The van der Waals surface area contributed by atoms with Crippen LogP contribution in [-0.2, 0) is 14.8 Å². The van der Waals surface area contributed by atoms with Gasteiger partial charge in [0.2, 0.25) is 15.9 Å². The van der Waals surface area contributed by atoms with Gasteiger partial charge in [0.25, 0.3) is 6.43 Å². The van der Waals surface area contributed by atoms with Crippen LogP contribution in [0.3, 0.4) is 0 Å². The average molecular weight is 426 g/mol. The third-order valence-corrected chi connectivity index (χ3v) is 7.42. The van der Waals surface area contributed by atoms with Crippen LogP contribution in [0.15, 0.2) is 29.2 Å². The largest absolute Gasteiger partial charge is 0.340 e. The van der Waals surface area contributed by atoms with E-state index in [1.165, 1.54) is 28.6 Å². The zero-order valence-corrected chi connectivity index (χ0v) is 16.8. The predicted octanol–water partition coefficient (Wildman–Crippen LogP) is 1.37. The van der Waals surface area contributed by atoms with Gasteiger partial charge < -0.3 is 4.90 Å². The van der Waals surface area contributed by atoms with E-state index in [9.17, 15) is 22.0 Å². The summed E-state index contributed by atoms with van der Waals surface area (Å²) in [5.41, 5.74) is 0.391. The Balaban J connectivity index is 1.53. The molecule has 0 N–H and O–H groups in total. The van der Waals surface area contributed by atoms with Crippen LogP contribution in [0.5, 0.6) is 0 Å². The molecule has 0 aliphatic carbocycles. The Morgan fingerprint density at radius 1 is 1.07 bits per heavy atom. The topological polar surface area (TPSA) is 84.7 Å². The van der Waals surface area contributed by atoms with Gasteiger partial charge in [-0.2, -0.15) is 9.57 Å². The lowest BCUT2D eigenvalue weighted by atomic mass is 9.96. The Morgan fingerprint density at radius 3 is 2.17 bits per heavy atom. The molecule has 1 aromatic rings. The molecule has 2 fully saturated rings. The third kappa shape index (κ3) is 5.10. The molecule has 0 bridgehead atoms. The first-order valence-electron chi connectivity index (χ1n) is 9.61. The minimum absolute atomic E-state index is 0.0166. The van der Waals surface area contributed by atoms with Crippen LogP contribution in [0.4, 0.5) is 8.78 Å². The minimum atomic E-state index is -3.66. The van der Waals surface area contributed by atoms with Crippen molar-refractivity contribution in [3.8, 4) is 6.07 Å². The lowest BCUT2D eigenvalue weighted by molar-refractivity contribution is -0.138. The number of carbonyl (C=O) groups excluding carboxylic acids is 1. The lowest BCUT2D eigenvalue weighted by Crippen LogP contribution is -2.52. The van der Waals surface area contributed by atoms with Crippen LogP contribution in [0, 0.1) is 17.2 Å². The molecule has 7 nitrogen and oxygen atoms in total. The molecule has 2 heterocycles. The van der Waals surface area contributed by atoms with Crippen molar-refractivity contribution in [1.29, 1.82) is 5.26 Å². The predicted molar refractivity (Wildman–Crippen MR) is 102 cm³/mol. The molecule has 2 aliphatic heterocycles. The first-order valence-corrected chi connectivity index (χ1v) is 11.0. The van der Waals surface area contributed by atoms with Gasteiger partial charge in [0.15, 0.2) is 0 Å². The first kappa shape index (κ1) is 21.6. The molecule has 0 aromatic heterocycles. The first-order chi connectivity index (χ1) is 13.8. The maximum Gasteiger partial charge on any atom is 0.251 e. The molecule has 158 valence electrons. The summed E-state index contributed by atoms with van der Waals surface area (Å²) in [6, 6.07) is 7.74. The number of rotatable bonds is 5. The molecule has 10 heteroatoms. The number of piperidine rings is 1. The lowest BCUT2D eigenvalue weighted by Gasteiger charge is -2.38. The van der Waals surface area contributed by atoms with Crippen molar-refractivity contribution >= 4 is 15.9 Å². The molecule has 0 atom stereocenters. The molecule has 1 amide bonds. The SMILES string of the molecule is N#Cc1ccc(S(=O)(=O)N2CCC(C(=O)N3CCN(CC(F)F)CC3)CC2)cc1. The molecule has 2 saturated heterocycles. The maximum atomic E-state index is 12.8. The molecule has 0 unspecified atom stereocenters. The number of hydrogen-bond acceptors (Lipinski definition) is 5. The number of piperazine rings is 1. The summed E-state index contributed by atoms with van der Waals surface area (Å²) in [6.07, 6.45) is -1.50. The fourth-order valence-electron chi connectivity index (χ4n) is 3.80. The number of carbonyl (C=O) groups is 1. The highest BCUT2D eigenvalue weighted by Gasteiger charge is 2.34. The van der Waals surface area contributed by atoms with E-state index in [1.807, 2.05) is 6.07 Å². The number of alkyl halides is 2. The Morgan fingerprint density at radius 2 is 1.66 bits per heavy atom. The van der Waals surface area contributed by atoms with Gasteiger partial charge in [0.1, 0.15) is 0 Å². The van der Waals surface area contributed by atoms with E-state index >= 15 is 0 Å². The minimum Gasteiger partial charge on any atom is -0.340 e. The normalized spacial score (nSPS) is 20.0. The zero-order chi connectivity index (χ0) is 21.0. The van der Waals surface area contributed by atoms with Crippen LogP contribution >= 0.6 is 0 Å². The van der Waals surface area contributed by atoms with Crippen molar-refractivity contribution in [2.75, 3.05) is 45.8 Å². The van der Waals surface area contributed by atoms with E-state index in [4.69, 9.17) is 5.26 Å². The second kappa shape index (κ2) is 9.15. The van der Waals surface area contributed by atoms with Gasteiger partial charge in [0.05, 0.1) is 23.1 Å². The van der Waals surface area contributed by atoms with E-state index in [1.54, 1.807) is 9.80 Å². The summed E-state index contributed by atoms with van der Waals surface area (Å²) in [5.74, 6) is -0.263. The second-order valence-corrected chi connectivity index (χ2v) is 9.27. The number of sulfonamides is 1. The van der Waals surface area contributed by atoms with Gasteiger partial charge in [-0.05, 0) is 37.1 Å². The summed E-state index contributed by atoms with van der Waals surface area (Å²) in [6.45, 7) is 1.95. The number of nitrogens with zero attached hydrogens (tertiary/aromatic N) is 4. The van der Waals surface area contributed by atoms with Crippen molar-refractivity contribution in [2.45, 2.75) is 24.2 Å². The molecule has 29 heavy (non-hydrogen) atoms. The van der Waals surface area contributed by atoms with Crippen LogP contribution < -0.4 is 0 Å². The van der Waals surface area contributed by atoms with E-state index in [-0.39, 0.29) is 36.4 Å². The summed E-state index contributed by atoms with van der Waals surface area (Å²) in [7, 11) is -3.66. The highest BCUT2D eigenvalue weighted by Crippen LogP contribution is 2.25. The van der Waals surface area contributed by atoms with Gasteiger partial charge in [-0.1, -0.05) is 0 Å². The summed E-state index contributed by atoms with van der Waals surface area (Å²) in [4.78, 5) is 16.2. The molecular weight excluding hydrogens is 402 g/mol. The van der Waals surface area contributed by atoms with Gasteiger partial charge in [0, 0.05) is 45.2 Å². The Bertz CT molecular complexity index is 854. The van der Waals surface area contributed by atoms with Crippen LogP contribution in [-0.4, -0.2) is 80.7 Å². The second-order valence-electron chi connectivity index (χ2n) is 7.33. The van der Waals surface area contributed by atoms with E-state index in [0.29, 0.717) is 44.6 Å². The van der Waals surface area contributed by atoms with Crippen LogP contribution in [0.25, 0.3) is 0 Å². The standard InChI is InChI=1S/C19H24F2N4O3S/c20-18(21)14-23-9-11-24(12-10-23)19(26)16-5-7-25(8-6-16)29(27,28)17-3-1-15(13-22)2-4-17/h1-4,16,18H,5-12,14H2. The van der Waals surface area contributed by atoms with Crippen molar-refractivity contribution in [1.82, 2.24) is 14.1 Å². The Labute approximate surface area is 169 Å². The van der Waals surface area contributed by atoms with Crippen molar-refractivity contribution in [3.63, 3.8) is 0 Å². The Hall–Kier alpha value is -2.09. The maximum absolute atomic E-state index is 12.8. The molecule has 0 saturated carbocycles. The van der Waals surface area contributed by atoms with E-state index in [2.05, 4.69) is 0 Å². The summed E-state index contributed by atoms with van der Waals surface area (Å²) < 4.78 is 51.9. The number of benzene rings is 1. The fraction of sp³-hybridized carbons (Fsp3) is 0.579. The van der Waals surface area contributed by atoms with Crippen LogP contribution in [0.1, 0.15) is 18.4 Å². The third-order valence-electron chi connectivity index (χ3n) is 5.50. The number of amides is 1. The van der Waals surface area contributed by atoms with E-state index in [0.717, 1.165) is 0 Å². The highest BCUT2D eigenvalue weighted by atomic mass is 32.2. The zero-order valence-electron chi connectivity index (χ0n) is 16.0.